The molecule has 13 rings (SSSR count). The van der Waals surface area contributed by atoms with Crippen LogP contribution in [0, 0.1) is 23.7 Å². The summed E-state index contributed by atoms with van der Waals surface area (Å²) in [6, 6.07) is 25.8. The molecule has 8 aromatic rings. The third-order valence-electron chi connectivity index (χ3n) is 26.0. The van der Waals surface area contributed by atoms with Crippen LogP contribution in [0.15, 0.2) is 185 Å². The Morgan fingerprint density at radius 3 is 0.773 bits per heavy atom. The molecule has 150 heavy (non-hydrogen) atoms. The van der Waals surface area contributed by atoms with E-state index in [1.807, 2.05) is 0 Å². The second-order valence-electron chi connectivity index (χ2n) is 35.9. The zero-order chi connectivity index (χ0) is 108. The number of hydrogen-bond acceptors (Lipinski definition) is 32. The number of esters is 1. The van der Waals surface area contributed by atoms with Crippen molar-refractivity contribution in [1.82, 2.24) is 18.9 Å². The number of halogens is 2. The minimum absolute atomic E-state index is 0. The van der Waals surface area contributed by atoms with Crippen molar-refractivity contribution in [3.05, 3.63) is 235 Å². The second-order valence-corrected chi connectivity index (χ2v) is 50.9. The molecule has 1 saturated carbocycles. The van der Waals surface area contributed by atoms with Gasteiger partial charge in [0.25, 0.3) is 18.1 Å². The largest absolute Gasteiger partial charge is 1.00 e. The van der Waals surface area contributed by atoms with Gasteiger partial charge in [0.15, 0.2) is 46.3 Å². The molecule has 4 atom stereocenters. The Bertz CT molecular complexity index is 6900. The van der Waals surface area contributed by atoms with Crippen LogP contribution in [0.25, 0.3) is 0 Å². The summed E-state index contributed by atoms with van der Waals surface area (Å²) in [6.07, 6.45) is 32.2. The molecule has 0 bridgehead atoms. The first kappa shape index (κ1) is 129. The van der Waals surface area contributed by atoms with E-state index in [0.29, 0.717) is 6.42 Å². The number of fused-ring (bicyclic) bond motifs is 8. The fourth-order valence-corrected chi connectivity index (χ4v) is 25.3. The summed E-state index contributed by atoms with van der Waals surface area (Å²) in [6.45, 7) is 2.32. The van der Waals surface area contributed by atoms with E-state index >= 15 is 0 Å². The summed E-state index contributed by atoms with van der Waals surface area (Å²) in [5, 5.41) is 35.6. The molecule has 0 amide bonds. The van der Waals surface area contributed by atoms with Gasteiger partial charge in [-0.25, -0.2) is 86.2 Å². The molecule has 8 aromatic carbocycles. The Hall–Kier alpha value is -8.12. The van der Waals surface area contributed by atoms with Gasteiger partial charge in [-0.1, -0.05) is 150 Å². The van der Waals surface area contributed by atoms with Gasteiger partial charge in [0.2, 0.25) is 40.1 Å². The van der Waals surface area contributed by atoms with Crippen molar-refractivity contribution in [3.8, 4) is 0 Å². The Morgan fingerprint density at radius 1 is 0.307 bits per heavy atom. The Morgan fingerprint density at radius 2 is 0.520 bits per heavy atom. The van der Waals surface area contributed by atoms with Gasteiger partial charge < -0.3 is 34.3 Å². The number of ether oxygens (including phenoxy) is 1. The number of aliphatic hydroxyl groups is 3. The Balaban J connectivity index is 0.000000306. The maximum atomic E-state index is 13.4. The van der Waals surface area contributed by atoms with Crippen molar-refractivity contribution in [1.29, 1.82) is 0 Å². The average Bonchev–Trinajstić information content (AvgIpc) is 0.755. The van der Waals surface area contributed by atoms with E-state index in [0.717, 1.165) is 171 Å². The fraction of sp³-hybridized carbons (Fsp3) is 0.426. The van der Waals surface area contributed by atoms with E-state index in [-0.39, 0.29) is 237 Å². The van der Waals surface area contributed by atoms with Crippen LogP contribution in [0.1, 0.15) is 328 Å². The zero-order valence-corrected chi connectivity index (χ0v) is 94.3. The standard InChI is InChI=1S/C54H84N2O11S2.C18H18N2O8S2.C14H6Cl2O6S2.C14H8O8S2.CH4.2Na/c1-3-5-7-9-13-19-25-46-42(30-29-41(23-17-8-6-4-2)45(46)26-20-14-11-15-21-27-51(58)59)24-18-12-10-16-22-28-52(60)67-38-36-56-69(65,66)44-32-34-48-50(40-44)54(62)47-33-31-43(39-49(47)53(48)61)68(63,64)55-35-37-57;21-7-5-19-29(25,26)11-1-3-13-15(9-11)18(24)14-4-2-12(10-16(14)17(13)23)30(27,28)20-6-8-22;15-23(19,20)7-1-3-9-11(5-7)14(18)10-4-2-8(24(16,21)22)6-12(10)13(9)17;15-13-9-3-1-7(23(17,18)19)5-11(9)14(16)10-4-2-8(6-12(10)13)24(20,21)22;;;/h31-34,39-42,45-46,55-57H,3-30,35-38H2,1-2H3,(H,58,59);1-4,9-10,19-22H,5-8H2;1-6H;1-6H,(H,17,18,19)(H,20,21,22);1H4;;/q;;;;;2*+1/p-2. The van der Waals surface area contributed by atoms with Crippen LogP contribution in [0.4, 0.5) is 0 Å². The van der Waals surface area contributed by atoms with Crippen LogP contribution in [0.2, 0.25) is 0 Å². The van der Waals surface area contributed by atoms with Gasteiger partial charge in [-0.2, -0.15) is 0 Å². The minimum atomic E-state index is -4.81. The van der Waals surface area contributed by atoms with E-state index in [4.69, 9.17) is 46.5 Å². The molecular weight excluding hydrogens is 2170 g/mol. The molecule has 37 nitrogen and oxygen atoms in total. The van der Waals surface area contributed by atoms with Crippen molar-refractivity contribution >= 4 is 158 Å². The Kier molecular flexibility index (Phi) is 49.4. The number of rotatable bonds is 49. The van der Waals surface area contributed by atoms with Crippen LogP contribution in [0.3, 0.4) is 0 Å². The van der Waals surface area contributed by atoms with Crippen molar-refractivity contribution < 1.29 is 209 Å². The number of hydrogen-bond donors (Lipinski definition) is 8. The third kappa shape index (κ3) is 34.0. The van der Waals surface area contributed by atoms with Gasteiger partial charge in [0.1, 0.15) is 26.8 Å². The first-order chi connectivity index (χ1) is 69.3. The SMILES string of the molecule is C.CCCCCCCCC1C(CCCCCCCC(=O)OCCNS(=O)(=O)c2ccc3c(c2)C(=O)c2ccc(S(=O)(=O)NCCO)cc2C3=O)CCC(CCCCCC)C1CCCCCCCC(=O)O.O=C1c2ccc(S(=O)(=O)Cl)cc2C(=O)c2ccc(S(=O)(=O)Cl)cc21.O=C1c2ccc(S(=O)(=O)NCCO)cc2C(=O)c2ccc(S(=O)(=O)NCCO)cc21.O=C1c2ccc(S(=O)(=O)[O-])cc2C(=O)c2ccc(S(=O)(=O)[O-])cc21.[Na+].[Na+]. The van der Waals surface area contributed by atoms with Gasteiger partial charge in [-0.3, -0.25) is 47.9 Å². The number of carboxylic acid groups (broad SMARTS) is 1. The van der Waals surface area contributed by atoms with E-state index in [9.17, 15) is 124 Å². The van der Waals surface area contributed by atoms with Crippen molar-refractivity contribution in [2.24, 2.45) is 23.7 Å². The predicted molar refractivity (Wildman–Crippen MR) is 543 cm³/mol. The van der Waals surface area contributed by atoms with E-state index in [2.05, 4.69) is 32.7 Å². The molecule has 5 aliphatic rings. The quantitative estimate of drug-likeness (QED) is 0.00608. The molecular formula is C101H118Cl2N4Na2O33S8. The molecule has 0 aliphatic heterocycles. The molecule has 0 spiro atoms. The molecule has 5 aliphatic carbocycles. The number of ketones is 8. The van der Waals surface area contributed by atoms with Crippen molar-refractivity contribution in [2.45, 2.75) is 240 Å². The summed E-state index contributed by atoms with van der Waals surface area (Å²) >= 11 is 0. The minimum Gasteiger partial charge on any atom is -0.744 e. The normalized spacial score (nSPS) is 15.7. The molecule has 0 aromatic heterocycles. The number of nitrogens with one attached hydrogen (secondary N) is 4. The summed E-state index contributed by atoms with van der Waals surface area (Å²) in [4.78, 5) is 123. The number of aliphatic hydroxyl groups excluding tert-OH is 3. The maximum absolute atomic E-state index is 13.4. The molecule has 49 heteroatoms. The van der Waals surface area contributed by atoms with Gasteiger partial charge >= 0.3 is 71.1 Å². The van der Waals surface area contributed by atoms with Gasteiger partial charge in [0, 0.05) is 149 Å². The zero-order valence-electron chi connectivity index (χ0n) is 82.3. The van der Waals surface area contributed by atoms with Crippen LogP contribution < -0.4 is 78.0 Å². The number of unbranched alkanes of at least 4 members (excludes halogenated alkanes) is 16. The van der Waals surface area contributed by atoms with E-state index in [1.165, 1.54) is 158 Å². The predicted octanol–water partition coefficient (Wildman–Crippen LogP) is 7.31. The molecule has 1 fully saturated rings. The molecule has 8 N–H and O–H groups in total. The number of carbonyl (C=O) groups is 10. The molecule has 0 radical (unpaired) electrons. The summed E-state index contributed by atoms with van der Waals surface area (Å²) in [5.41, 5.74) is -1.93. The average molecular weight is 2290 g/mol. The first-order valence-corrected chi connectivity index (χ1v) is 61.2. The maximum Gasteiger partial charge on any atom is 1.00 e. The molecule has 4 unspecified atom stereocenters. The molecule has 0 saturated heterocycles. The number of benzene rings is 8. The number of carboxylic acids is 1. The first-order valence-electron chi connectivity index (χ1n) is 47.9. The van der Waals surface area contributed by atoms with Gasteiger partial charge in [-0.05, 0) is 208 Å². The Labute approximate surface area is 927 Å². The van der Waals surface area contributed by atoms with Crippen molar-refractivity contribution in [3.63, 3.8) is 0 Å². The van der Waals surface area contributed by atoms with E-state index in [1.54, 1.807) is 0 Å². The fourth-order valence-electron chi connectivity index (χ4n) is 18.6. The topological polar surface area (TPSA) is 628 Å². The second kappa shape index (κ2) is 57.5. The van der Waals surface area contributed by atoms with Crippen LogP contribution >= 0.6 is 21.4 Å². The number of carbonyl (C=O) groups excluding carboxylic acids is 9. The number of aliphatic carboxylic acids is 1. The molecule has 0 heterocycles. The summed E-state index contributed by atoms with van der Waals surface area (Å²) < 4.78 is 227. The van der Waals surface area contributed by atoms with Crippen LogP contribution in [0.5, 0.6) is 0 Å². The summed E-state index contributed by atoms with van der Waals surface area (Å²) in [5.74, 6) is -3.08. The monoisotopic (exact) mass is 2290 g/mol. The van der Waals surface area contributed by atoms with E-state index < -0.39 is 160 Å². The van der Waals surface area contributed by atoms with Crippen molar-refractivity contribution in [2.75, 3.05) is 52.6 Å². The van der Waals surface area contributed by atoms with Crippen LogP contribution in [-0.4, -0.2) is 208 Å². The summed E-state index contributed by atoms with van der Waals surface area (Å²) in [7, 11) is -23.4. The van der Waals surface area contributed by atoms with Gasteiger partial charge in [0.05, 0.1) is 59.0 Å². The molecule has 804 valence electrons. The third-order valence-corrected chi connectivity index (χ3v) is 36.2. The smallest absolute Gasteiger partial charge is 0.744 e. The van der Waals surface area contributed by atoms with Crippen LogP contribution in [-0.2, 0) is 92.8 Å². The number of sulfonamides is 4. The van der Waals surface area contributed by atoms with Gasteiger partial charge in [-0.15, -0.1) is 0 Å².